The lowest BCUT2D eigenvalue weighted by Gasteiger charge is -2.04. The van der Waals surface area contributed by atoms with Crippen LogP contribution in [0.4, 0.5) is 0 Å². The number of nitrogens with zero attached hydrogens (tertiary/aromatic N) is 1. The molecule has 0 aliphatic rings. The lowest BCUT2D eigenvalue weighted by Crippen LogP contribution is -1.84. The van der Waals surface area contributed by atoms with Gasteiger partial charge in [0.25, 0.3) is 0 Å². The second kappa shape index (κ2) is 5.17. The molecule has 0 bridgehead atoms. The van der Waals surface area contributed by atoms with Gasteiger partial charge in [-0.3, -0.25) is 0 Å². The van der Waals surface area contributed by atoms with Crippen molar-refractivity contribution in [2.75, 3.05) is 0 Å². The summed E-state index contributed by atoms with van der Waals surface area (Å²) >= 11 is 6.02. The van der Waals surface area contributed by atoms with Crippen LogP contribution in [0.1, 0.15) is 5.56 Å². The first kappa shape index (κ1) is 13.6. The molecule has 0 amide bonds. The molecule has 3 rings (SSSR count). The minimum absolute atomic E-state index is 0.316. The lowest BCUT2D eigenvalue weighted by molar-refractivity contribution is 0.473. The van der Waals surface area contributed by atoms with Crippen LogP contribution in [0.25, 0.3) is 20.8 Å². The predicted molar refractivity (Wildman–Crippen MR) is 96.9 cm³/mol. The van der Waals surface area contributed by atoms with Crippen LogP contribution in [0, 0.1) is 14.1 Å². The summed E-state index contributed by atoms with van der Waals surface area (Å²) in [5.74, 6) is 0.316. The zero-order valence-electron chi connectivity index (χ0n) is 9.95. The van der Waals surface area contributed by atoms with Gasteiger partial charge in [0.1, 0.15) is 10.8 Å². The van der Waals surface area contributed by atoms with E-state index < -0.39 is 0 Å². The number of phenolic OH excluding ortho intramolecular Hbond substituents is 1. The molecule has 96 valence electrons. The van der Waals surface area contributed by atoms with Crippen molar-refractivity contribution >= 4 is 66.7 Å². The molecule has 5 heteroatoms. The van der Waals surface area contributed by atoms with Crippen LogP contribution in [0.15, 0.2) is 30.3 Å². The van der Waals surface area contributed by atoms with Crippen LogP contribution in [-0.2, 0) is 0 Å². The second-order valence-electron chi connectivity index (χ2n) is 4.27. The fourth-order valence-electron chi connectivity index (χ4n) is 1.88. The van der Waals surface area contributed by atoms with Crippen molar-refractivity contribution in [2.24, 2.45) is 0 Å². The van der Waals surface area contributed by atoms with Gasteiger partial charge in [-0.1, -0.05) is 6.07 Å². The van der Waals surface area contributed by atoms with Gasteiger partial charge >= 0.3 is 0 Å². The van der Waals surface area contributed by atoms with Crippen molar-refractivity contribution in [3.05, 3.63) is 43.0 Å². The van der Waals surface area contributed by atoms with Gasteiger partial charge in [-0.2, -0.15) is 0 Å². The third kappa shape index (κ3) is 2.59. The Hall–Kier alpha value is -0.410. The molecule has 0 aliphatic heterocycles. The number of aryl methyl sites for hydroxylation is 1. The normalized spacial score (nSPS) is 11.1. The molecule has 1 heterocycles. The van der Waals surface area contributed by atoms with E-state index in [2.05, 4.69) is 75.3 Å². The highest BCUT2D eigenvalue weighted by Gasteiger charge is 2.13. The van der Waals surface area contributed by atoms with Crippen LogP contribution >= 0.6 is 56.5 Å². The van der Waals surface area contributed by atoms with Crippen LogP contribution in [0.2, 0.25) is 0 Å². The molecular formula is C14H9I2NOS. The van der Waals surface area contributed by atoms with Crippen molar-refractivity contribution in [3.63, 3.8) is 0 Å². The van der Waals surface area contributed by atoms with Gasteiger partial charge in [-0.25, -0.2) is 4.98 Å². The Morgan fingerprint density at radius 1 is 1.16 bits per heavy atom. The number of aromatic nitrogens is 1. The van der Waals surface area contributed by atoms with E-state index in [0.29, 0.717) is 5.75 Å². The van der Waals surface area contributed by atoms with Gasteiger partial charge in [0.2, 0.25) is 0 Å². The van der Waals surface area contributed by atoms with Gasteiger partial charge in [0.05, 0.1) is 19.4 Å². The maximum Gasteiger partial charge on any atom is 0.139 e. The summed E-state index contributed by atoms with van der Waals surface area (Å²) in [5, 5.41) is 11.1. The van der Waals surface area contributed by atoms with Gasteiger partial charge in [0, 0.05) is 3.57 Å². The third-order valence-corrected chi connectivity index (χ3v) is 5.32. The van der Waals surface area contributed by atoms with Crippen molar-refractivity contribution < 1.29 is 5.11 Å². The monoisotopic (exact) mass is 493 g/mol. The molecule has 0 atom stereocenters. The van der Waals surface area contributed by atoms with Gasteiger partial charge in [0.15, 0.2) is 0 Å². The molecule has 0 radical (unpaired) electrons. The quantitative estimate of drug-likeness (QED) is 0.474. The average Bonchev–Trinajstić information content (AvgIpc) is 2.76. The molecule has 2 nitrogen and oxygen atoms in total. The lowest BCUT2D eigenvalue weighted by atomic mass is 10.2. The smallest absolute Gasteiger partial charge is 0.139 e. The van der Waals surface area contributed by atoms with Crippen LogP contribution < -0.4 is 0 Å². The molecular weight excluding hydrogens is 484 g/mol. The summed E-state index contributed by atoms with van der Waals surface area (Å²) in [5.41, 5.74) is 3.01. The Morgan fingerprint density at radius 3 is 2.74 bits per heavy atom. The van der Waals surface area contributed by atoms with Gasteiger partial charge in [-0.05, 0) is 81.9 Å². The number of hydrogen-bond acceptors (Lipinski definition) is 3. The van der Waals surface area contributed by atoms with E-state index in [-0.39, 0.29) is 0 Å². The number of benzene rings is 2. The van der Waals surface area contributed by atoms with Crippen molar-refractivity contribution in [3.8, 4) is 16.3 Å². The highest BCUT2D eigenvalue weighted by molar-refractivity contribution is 14.1. The van der Waals surface area contributed by atoms with Crippen LogP contribution in [0.3, 0.4) is 0 Å². The first-order chi connectivity index (χ1) is 9.04. The summed E-state index contributed by atoms with van der Waals surface area (Å²) in [6.07, 6.45) is 0. The Kier molecular flexibility index (Phi) is 3.69. The molecule has 0 unspecified atom stereocenters. The molecule has 3 aromatic rings. The van der Waals surface area contributed by atoms with E-state index in [1.807, 2.05) is 12.1 Å². The fraction of sp³-hybridized carbons (Fsp3) is 0.0714. The number of halogens is 2. The minimum atomic E-state index is 0.316. The Labute approximate surface area is 142 Å². The number of hydrogen-bond donors (Lipinski definition) is 1. The molecule has 2 aromatic carbocycles. The third-order valence-electron chi connectivity index (χ3n) is 2.80. The standard InChI is InChI=1S/C14H9I2NOS/c1-7-2-3-12-11(4-7)17-14(19-12)9-5-8(15)6-10(16)13(9)18/h2-6,18H,1H3. The molecule has 0 saturated heterocycles. The highest BCUT2D eigenvalue weighted by Crippen LogP contribution is 2.38. The highest BCUT2D eigenvalue weighted by atomic mass is 127. The molecule has 0 saturated carbocycles. The SMILES string of the molecule is Cc1ccc2sc(-c3cc(I)cc(I)c3O)nc2c1. The topological polar surface area (TPSA) is 33.1 Å². The van der Waals surface area contributed by atoms with Gasteiger partial charge < -0.3 is 5.11 Å². The average molecular weight is 493 g/mol. The molecule has 19 heavy (non-hydrogen) atoms. The van der Waals surface area contributed by atoms with E-state index >= 15 is 0 Å². The zero-order chi connectivity index (χ0) is 13.6. The predicted octanol–water partition coefficient (Wildman–Crippen LogP) is 5.19. The molecule has 1 N–H and O–H groups in total. The zero-order valence-corrected chi connectivity index (χ0v) is 15.1. The molecule has 0 aliphatic carbocycles. The Bertz CT molecular complexity index is 782. The van der Waals surface area contributed by atoms with E-state index in [4.69, 9.17) is 0 Å². The summed E-state index contributed by atoms with van der Waals surface area (Å²) in [7, 11) is 0. The maximum absolute atomic E-state index is 10.2. The first-order valence-electron chi connectivity index (χ1n) is 5.60. The minimum Gasteiger partial charge on any atom is -0.506 e. The molecule has 1 aromatic heterocycles. The van der Waals surface area contributed by atoms with E-state index in [0.717, 1.165) is 27.9 Å². The maximum atomic E-state index is 10.2. The van der Waals surface area contributed by atoms with Crippen molar-refractivity contribution in [1.82, 2.24) is 4.98 Å². The summed E-state index contributed by atoms with van der Waals surface area (Å²) in [6.45, 7) is 2.06. The Morgan fingerprint density at radius 2 is 1.95 bits per heavy atom. The Balaban J connectivity index is 2.24. The molecule has 0 fully saturated rings. The van der Waals surface area contributed by atoms with Crippen LogP contribution in [-0.4, -0.2) is 10.1 Å². The van der Waals surface area contributed by atoms with Gasteiger partial charge in [-0.15, -0.1) is 11.3 Å². The molecule has 0 spiro atoms. The number of thiazole rings is 1. The number of aromatic hydroxyl groups is 1. The largest absolute Gasteiger partial charge is 0.506 e. The second-order valence-corrected chi connectivity index (χ2v) is 7.71. The summed E-state index contributed by atoms with van der Waals surface area (Å²) < 4.78 is 3.11. The van der Waals surface area contributed by atoms with Crippen molar-refractivity contribution in [1.29, 1.82) is 0 Å². The first-order valence-corrected chi connectivity index (χ1v) is 8.57. The fourth-order valence-corrected chi connectivity index (χ4v) is 4.69. The van der Waals surface area contributed by atoms with E-state index in [1.165, 1.54) is 5.56 Å². The number of fused-ring (bicyclic) bond motifs is 1. The van der Waals surface area contributed by atoms with Crippen LogP contribution in [0.5, 0.6) is 5.75 Å². The van der Waals surface area contributed by atoms with E-state index in [1.54, 1.807) is 11.3 Å². The number of rotatable bonds is 1. The van der Waals surface area contributed by atoms with E-state index in [9.17, 15) is 5.11 Å². The summed E-state index contributed by atoms with van der Waals surface area (Å²) in [4.78, 5) is 4.64. The van der Waals surface area contributed by atoms with Crippen molar-refractivity contribution in [2.45, 2.75) is 6.92 Å². The summed E-state index contributed by atoms with van der Waals surface area (Å²) in [6, 6.07) is 10.2. The number of phenols is 1.